The summed E-state index contributed by atoms with van der Waals surface area (Å²) in [4.78, 5) is 6.34. The lowest BCUT2D eigenvalue weighted by atomic mass is 10.1. The van der Waals surface area contributed by atoms with E-state index in [1.165, 1.54) is 17.3 Å². The molecule has 2 aromatic carbocycles. The molecule has 2 rings (SSSR count). The lowest BCUT2D eigenvalue weighted by Crippen LogP contribution is -2.37. The predicted molar refractivity (Wildman–Crippen MR) is 119 cm³/mol. The van der Waals surface area contributed by atoms with Gasteiger partial charge < -0.3 is 15.5 Å². The van der Waals surface area contributed by atoms with Gasteiger partial charge in [-0.05, 0) is 54.3 Å². The molecule has 2 aromatic rings. The minimum atomic E-state index is -0.188. The molecular formula is C20H28FIN4. The Morgan fingerprint density at radius 1 is 1.12 bits per heavy atom. The predicted octanol–water partition coefficient (Wildman–Crippen LogP) is 3.73. The van der Waals surface area contributed by atoms with Crippen molar-refractivity contribution in [3.05, 3.63) is 65.0 Å². The zero-order chi connectivity index (χ0) is 18.2. The Kier molecular flexibility index (Phi) is 9.40. The smallest absolute Gasteiger partial charge is 0.191 e. The molecule has 0 unspecified atom stereocenters. The van der Waals surface area contributed by atoms with Crippen LogP contribution in [-0.2, 0) is 13.0 Å². The average Bonchev–Trinajstić information content (AvgIpc) is 2.59. The van der Waals surface area contributed by atoms with E-state index in [-0.39, 0.29) is 29.8 Å². The molecule has 0 fully saturated rings. The van der Waals surface area contributed by atoms with Crippen LogP contribution in [0, 0.1) is 12.7 Å². The Labute approximate surface area is 172 Å². The maximum absolute atomic E-state index is 13.1. The number of benzene rings is 2. The van der Waals surface area contributed by atoms with Gasteiger partial charge in [0.2, 0.25) is 0 Å². The number of rotatable bonds is 6. The quantitative estimate of drug-likeness (QED) is 0.384. The molecule has 0 spiro atoms. The summed E-state index contributed by atoms with van der Waals surface area (Å²) in [6, 6.07) is 13.3. The van der Waals surface area contributed by atoms with Gasteiger partial charge in [-0.15, -0.1) is 24.0 Å². The van der Waals surface area contributed by atoms with Crippen LogP contribution >= 0.6 is 24.0 Å². The van der Waals surface area contributed by atoms with Crippen LogP contribution in [0.5, 0.6) is 0 Å². The first-order valence-electron chi connectivity index (χ1n) is 8.45. The number of hydrogen-bond donors (Lipinski definition) is 2. The Morgan fingerprint density at radius 3 is 2.54 bits per heavy atom. The molecule has 2 N–H and O–H groups in total. The lowest BCUT2D eigenvalue weighted by molar-refractivity contribution is 0.625. The number of halogens is 2. The van der Waals surface area contributed by atoms with E-state index in [9.17, 15) is 4.39 Å². The number of nitrogens with zero attached hydrogens (tertiary/aromatic N) is 2. The summed E-state index contributed by atoms with van der Waals surface area (Å²) < 4.78 is 13.1. The summed E-state index contributed by atoms with van der Waals surface area (Å²) in [5, 5.41) is 6.62. The van der Waals surface area contributed by atoms with Crippen molar-refractivity contribution < 1.29 is 4.39 Å². The number of aryl methyl sites for hydroxylation is 1. The fourth-order valence-electron chi connectivity index (χ4n) is 2.61. The summed E-state index contributed by atoms with van der Waals surface area (Å²) in [7, 11) is 5.82. The fraction of sp³-hybridized carbons (Fsp3) is 0.350. The SMILES string of the molecule is CN=C(NCCc1ccc(F)cc1C)NCc1cccc(N(C)C)c1.I. The molecule has 0 saturated heterocycles. The van der Waals surface area contributed by atoms with Crippen molar-refractivity contribution in [3.63, 3.8) is 0 Å². The topological polar surface area (TPSA) is 39.7 Å². The van der Waals surface area contributed by atoms with Gasteiger partial charge in [0, 0.05) is 39.9 Å². The molecule has 0 aliphatic heterocycles. The van der Waals surface area contributed by atoms with Crippen LogP contribution in [0.4, 0.5) is 10.1 Å². The van der Waals surface area contributed by atoms with Gasteiger partial charge in [0.05, 0.1) is 0 Å². The third-order valence-corrected chi connectivity index (χ3v) is 4.10. The summed E-state index contributed by atoms with van der Waals surface area (Å²) in [6.45, 7) is 3.38. The second-order valence-corrected chi connectivity index (χ2v) is 6.24. The molecule has 0 saturated carbocycles. The number of aliphatic imine (C=N–C) groups is 1. The molecule has 0 aliphatic rings. The molecule has 142 valence electrons. The van der Waals surface area contributed by atoms with E-state index in [0.29, 0.717) is 6.54 Å². The molecule has 0 aliphatic carbocycles. The summed E-state index contributed by atoms with van der Waals surface area (Å²) in [5.74, 6) is 0.571. The van der Waals surface area contributed by atoms with Crippen molar-refractivity contribution in [2.45, 2.75) is 19.9 Å². The Morgan fingerprint density at radius 2 is 1.88 bits per heavy atom. The highest BCUT2D eigenvalue weighted by Gasteiger charge is 2.03. The minimum Gasteiger partial charge on any atom is -0.378 e. The molecule has 0 aromatic heterocycles. The average molecular weight is 470 g/mol. The molecule has 0 bridgehead atoms. The maximum Gasteiger partial charge on any atom is 0.191 e. The van der Waals surface area contributed by atoms with Gasteiger partial charge in [-0.25, -0.2) is 4.39 Å². The van der Waals surface area contributed by atoms with Crippen molar-refractivity contribution in [2.24, 2.45) is 4.99 Å². The van der Waals surface area contributed by atoms with Crippen LogP contribution < -0.4 is 15.5 Å². The van der Waals surface area contributed by atoms with E-state index in [1.54, 1.807) is 13.1 Å². The van der Waals surface area contributed by atoms with Crippen LogP contribution in [-0.4, -0.2) is 33.6 Å². The van der Waals surface area contributed by atoms with Gasteiger partial charge >= 0.3 is 0 Å². The van der Waals surface area contributed by atoms with Crippen LogP contribution in [0.2, 0.25) is 0 Å². The van der Waals surface area contributed by atoms with Gasteiger partial charge in [0.25, 0.3) is 0 Å². The number of nitrogens with one attached hydrogen (secondary N) is 2. The zero-order valence-corrected chi connectivity index (χ0v) is 18.2. The van der Waals surface area contributed by atoms with Crippen molar-refractivity contribution in [3.8, 4) is 0 Å². The van der Waals surface area contributed by atoms with Crippen molar-refractivity contribution in [2.75, 3.05) is 32.6 Å². The van der Waals surface area contributed by atoms with Gasteiger partial charge in [0.15, 0.2) is 5.96 Å². The summed E-state index contributed by atoms with van der Waals surface area (Å²) >= 11 is 0. The molecule has 4 nitrogen and oxygen atoms in total. The van der Waals surface area contributed by atoms with Gasteiger partial charge in [0.1, 0.15) is 5.82 Å². The van der Waals surface area contributed by atoms with Crippen LogP contribution in [0.3, 0.4) is 0 Å². The second kappa shape index (κ2) is 11.0. The minimum absolute atomic E-state index is 0. The van der Waals surface area contributed by atoms with Gasteiger partial charge in [-0.3, -0.25) is 4.99 Å². The normalized spacial score (nSPS) is 10.9. The Balaban J connectivity index is 0.00000338. The van der Waals surface area contributed by atoms with E-state index in [4.69, 9.17) is 0 Å². The summed E-state index contributed by atoms with van der Waals surface area (Å²) in [6.07, 6.45) is 0.822. The highest BCUT2D eigenvalue weighted by molar-refractivity contribution is 14.0. The molecule has 0 heterocycles. The first-order valence-corrected chi connectivity index (χ1v) is 8.45. The highest BCUT2D eigenvalue weighted by Crippen LogP contribution is 2.13. The maximum atomic E-state index is 13.1. The molecule has 26 heavy (non-hydrogen) atoms. The third kappa shape index (κ3) is 6.82. The fourth-order valence-corrected chi connectivity index (χ4v) is 2.61. The van der Waals surface area contributed by atoms with Crippen LogP contribution in [0.15, 0.2) is 47.5 Å². The van der Waals surface area contributed by atoms with Gasteiger partial charge in [-0.2, -0.15) is 0 Å². The van der Waals surface area contributed by atoms with E-state index in [0.717, 1.165) is 30.1 Å². The third-order valence-electron chi connectivity index (χ3n) is 4.10. The molecule has 6 heteroatoms. The lowest BCUT2D eigenvalue weighted by Gasteiger charge is -2.15. The monoisotopic (exact) mass is 470 g/mol. The van der Waals surface area contributed by atoms with E-state index in [1.807, 2.05) is 27.1 Å². The Bertz CT molecular complexity index is 732. The standard InChI is InChI=1S/C20H27FN4.HI/c1-15-12-18(21)9-8-17(15)10-11-23-20(22-2)24-14-16-6-5-7-19(13-16)25(3)4;/h5-9,12-13H,10-11,14H2,1-4H3,(H2,22,23,24);1H. The number of guanidine groups is 1. The van der Waals surface area contributed by atoms with Crippen molar-refractivity contribution in [1.82, 2.24) is 10.6 Å². The number of anilines is 1. The van der Waals surface area contributed by atoms with Crippen LogP contribution in [0.25, 0.3) is 0 Å². The Hall–Kier alpha value is -1.83. The first kappa shape index (κ1) is 22.2. The second-order valence-electron chi connectivity index (χ2n) is 6.24. The first-order chi connectivity index (χ1) is 12.0. The van der Waals surface area contributed by atoms with Crippen LogP contribution in [0.1, 0.15) is 16.7 Å². The zero-order valence-electron chi connectivity index (χ0n) is 15.8. The van der Waals surface area contributed by atoms with Crippen molar-refractivity contribution in [1.29, 1.82) is 0 Å². The molecule has 0 amide bonds. The summed E-state index contributed by atoms with van der Waals surface area (Å²) in [5.41, 5.74) is 4.49. The van der Waals surface area contributed by atoms with E-state index in [2.05, 4.69) is 44.8 Å². The van der Waals surface area contributed by atoms with E-state index < -0.39 is 0 Å². The molecule has 0 atom stereocenters. The highest BCUT2D eigenvalue weighted by atomic mass is 127. The van der Waals surface area contributed by atoms with Crippen molar-refractivity contribution >= 4 is 35.6 Å². The number of hydrogen-bond acceptors (Lipinski definition) is 2. The largest absolute Gasteiger partial charge is 0.378 e. The molecule has 0 radical (unpaired) electrons. The molecular weight excluding hydrogens is 442 g/mol. The van der Waals surface area contributed by atoms with Gasteiger partial charge in [-0.1, -0.05) is 18.2 Å². The van der Waals surface area contributed by atoms with E-state index >= 15 is 0 Å².